The summed E-state index contributed by atoms with van der Waals surface area (Å²) in [5.74, 6) is -0.299. The molecule has 1 aliphatic rings. The van der Waals surface area contributed by atoms with Crippen LogP contribution in [0.2, 0.25) is 10.2 Å². The van der Waals surface area contributed by atoms with E-state index in [0.717, 1.165) is 25.7 Å². The van der Waals surface area contributed by atoms with E-state index < -0.39 is 14.8 Å². The third-order valence-corrected chi connectivity index (χ3v) is 5.15. The van der Waals surface area contributed by atoms with Crippen LogP contribution in [0.3, 0.4) is 0 Å². The minimum absolute atomic E-state index is 0.236. The predicted octanol–water partition coefficient (Wildman–Crippen LogP) is 5.40. The average Bonchev–Trinajstić information content (AvgIpc) is 2.84. The van der Waals surface area contributed by atoms with E-state index in [1.807, 2.05) is 0 Å². The quantitative estimate of drug-likeness (QED) is 0.346. The molecule has 1 aromatic heterocycles. The Labute approximate surface area is 185 Å². The van der Waals surface area contributed by atoms with E-state index in [-0.39, 0.29) is 12.5 Å². The first-order valence-electron chi connectivity index (χ1n) is 8.71. The number of benzene rings is 1. The topological polar surface area (TPSA) is 79.3 Å². The first-order valence-corrected chi connectivity index (χ1v) is 12.3. The molecule has 2 N–H and O–H groups in total. The molecule has 0 aliphatic heterocycles. The highest BCUT2D eigenvalue weighted by atomic mass is 36.0. The summed E-state index contributed by atoms with van der Waals surface area (Å²) in [4.78, 5) is 16.9. The maximum absolute atomic E-state index is 12.7. The van der Waals surface area contributed by atoms with E-state index in [1.54, 1.807) is 24.3 Å². The molecule has 5 nitrogen and oxygen atoms in total. The van der Waals surface area contributed by atoms with Crippen LogP contribution in [0.1, 0.15) is 48.9 Å². The number of halogens is 4. The lowest BCUT2D eigenvalue weighted by Gasteiger charge is -2.27. The van der Waals surface area contributed by atoms with Crippen LogP contribution in [0.15, 0.2) is 24.3 Å². The van der Waals surface area contributed by atoms with Gasteiger partial charge in [-0.25, -0.2) is 9.19 Å². The van der Waals surface area contributed by atoms with Gasteiger partial charge in [0, 0.05) is 33.3 Å². The molecule has 0 saturated heterocycles. The number of nitrogens with zero attached hydrogens (tertiary/aromatic N) is 1. The van der Waals surface area contributed by atoms with Gasteiger partial charge < -0.3 is 10.4 Å². The minimum Gasteiger partial charge on any atom is -0.388 e. The summed E-state index contributed by atoms with van der Waals surface area (Å²) >= 11 is 12.1. The zero-order valence-electron chi connectivity index (χ0n) is 14.9. The number of nitrogens with one attached hydrogen (secondary N) is 1. The molecule has 0 spiro atoms. The number of aliphatic hydroxyl groups is 1. The molecule has 1 fully saturated rings. The Bertz CT molecular complexity index is 854. The molecular formula is C18H20Cl4N2O3S. The molecule has 1 aliphatic carbocycles. The van der Waals surface area contributed by atoms with Gasteiger partial charge in [-0.1, -0.05) is 48.9 Å². The summed E-state index contributed by atoms with van der Waals surface area (Å²) < 4.78 is 9.09. The third kappa shape index (κ3) is 7.01. The van der Waals surface area contributed by atoms with E-state index >= 15 is 0 Å². The fourth-order valence-electron chi connectivity index (χ4n) is 3.28. The average molecular weight is 486 g/mol. The number of rotatable bonds is 3. The number of amides is 1. The molecule has 3 rings (SSSR count). The van der Waals surface area contributed by atoms with Crippen LogP contribution in [0.4, 0.5) is 0 Å². The molecule has 154 valence electrons. The van der Waals surface area contributed by atoms with Crippen molar-refractivity contribution in [1.29, 1.82) is 0 Å². The number of pyridine rings is 1. The second-order valence-electron chi connectivity index (χ2n) is 6.63. The molecular weight excluding hydrogens is 466 g/mol. The Kier molecular flexibility index (Phi) is 9.25. The summed E-state index contributed by atoms with van der Waals surface area (Å²) in [7, 11) is 7.36. The number of carbonyl (C=O) groups is 1. The Balaban J connectivity index is 0.000000640. The van der Waals surface area contributed by atoms with Crippen molar-refractivity contribution >= 4 is 70.6 Å². The van der Waals surface area contributed by atoms with E-state index in [9.17, 15) is 9.90 Å². The van der Waals surface area contributed by atoms with Crippen LogP contribution in [0.25, 0.3) is 10.9 Å². The van der Waals surface area contributed by atoms with Crippen molar-refractivity contribution < 1.29 is 14.1 Å². The molecule has 28 heavy (non-hydrogen) atoms. The molecule has 2 aromatic rings. The van der Waals surface area contributed by atoms with E-state index in [0.29, 0.717) is 39.5 Å². The lowest BCUT2D eigenvalue weighted by molar-refractivity contribution is 0.0247. The van der Waals surface area contributed by atoms with E-state index in [2.05, 4.69) is 31.7 Å². The van der Waals surface area contributed by atoms with Crippen molar-refractivity contribution in [3.05, 3.63) is 40.0 Å². The Morgan fingerprint density at radius 2 is 1.71 bits per heavy atom. The standard InChI is InChI=1S/C18H20Cl2N2O2.Cl2OS/c19-13-6-7-14-12(5-8-15(20)22-14)16(13)17(23)21-11-18(24)9-3-1-2-4-10-18;1-4(2)3/h5-8,24H,1-4,9-11H2,(H,21,23);. The lowest BCUT2D eigenvalue weighted by atomic mass is 9.94. The van der Waals surface area contributed by atoms with E-state index in [1.165, 1.54) is 0 Å². The van der Waals surface area contributed by atoms with Gasteiger partial charge in [-0.05, 0) is 37.1 Å². The van der Waals surface area contributed by atoms with Crippen LogP contribution in [0.5, 0.6) is 0 Å². The maximum atomic E-state index is 12.7. The molecule has 0 radical (unpaired) electrons. The van der Waals surface area contributed by atoms with Crippen molar-refractivity contribution in [2.24, 2.45) is 0 Å². The van der Waals surface area contributed by atoms with Crippen molar-refractivity contribution in [2.75, 3.05) is 6.54 Å². The Hall–Kier alpha value is -0.630. The van der Waals surface area contributed by atoms with Gasteiger partial charge in [0.1, 0.15) is 5.15 Å². The number of carbonyl (C=O) groups excluding carboxylic acids is 1. The van der Waals surface area contributed by atoms with Gasteiger partial charge in [-0.15, -0.1) is 0 Å². The normalized spacial score (nSPS) is 16.2. The van der Waals surface area contributed by atoms with Crippen LogP contribution >= 0.6 is 44.6 Å². The monoisotopic (exact) mass is 484 g/mol. The number of aromatic nitrogens is 1. The largest absolute Gasteiger partial charge is 0.388 e. The zero-order valence-corrected chi connectivity index (χ0v) is 18.7. The molecule has 0 bridgehead atoms. The van der Waals surface area contributed by atoms with Crippen LogP contribution < -0.4 is 5.32 Å². The number of hydrogen-bond donors (Lipinski definition) is 2. The van der Waals surface area contributed by atoms with Gasteiger partial charge in [-0.2, -0.15) is 0 Å². The third-order valence-electron chi connectivity index (χ3n) is 4.63. The predicted molar refractivity (Wildman–Crippen MR) is 117 cm³/mol. The SMILES string of the molecule is O=C(NCC1(O)CCCCCC1)c1c(Cl)ccc2nc(Cl)ccc12.O=S(Cl)Cl. The highest BCUT2D eigenvalue weighted by molar-refractivity contribution is 8.26. The van der Waals surface area contributed by atoms with Crippen molar-refractivity contribution in [3.8, 4) is 0 Å². The second kappa shape index (κ2) is 11.0. The smallest absolute Gasteiger partial charge is 0.253 e. The van der Waals surface area contributed by atoms with Gasteiger partial charge in [0.2, 0.25) is 9.23 Å². The summed E-state index contributed by atoms with van der Waals surface area (Å²) in [5, 5.41) is 14.9. The lowest BCUT2D eigenvalue weighted by Crippen LogP contribution is -2.42. The maximum Gasteiger partial charge on any atom is 0.253 e. The molecule has 0 unspecified atom stereocenters. The molecule has 1 aromatic carbocycles. The summed E-state index contributed by atoms with van der Waals surface area (Å²) in [6, 6.07) is 6.75. The summed E-state index contributed by atoms with van der Waals surface area (Å²) in [6.45, 7) is 0.236. The van der Waals surface area contributed by atoms with E-state index in [4.69, 9.17) is 27.4 Å². The van der Waals surface area contributed by atoms with Gasteiger partial charge in [-0.3, -0.25) is 4.79 Å². The van der Waals surface area contributed by atoms with Gasteiger partial charge in [0.15, 0.2) is 0 Å². The zero-order chi connectivity index (χ0) is 20.7. The van der Waals surface area contributed by atoms with Crippen LogP contribution in [-0.4, -0.2) is 32.4 Å². The van der Waals surface area contributed by atoms with Crippen LogP contribution in [0, 0.1) is 0 Å². The highest BCUT2D eigenvalue weighted by Gasteiger charge is 2.29. The first-order chi connectivity index (χ1) is 13.2. The van der Waals surface area contributed by atoms with Crippen molar-refractivity contribution in [2.45, 2.75) is 44.1 Å². The van der Waals surface area contributed by atoms with Crippen molar-refractivity contribution in [3.63, 3.8) is 0 Å². The number of hydrogen-bond acceptors (Lipinski definition) is 4. The van der Waals surface area contributed by atoms with Crippen molar-refractivity contribution in [1.82, 2.24) is 10.3 Å². The first kappa shape index (κ1) is 23.6. The second-order valence-corrected chi connectivity index (χ2v) is 9.95. The van der Waals surface area contributed by atoms with Crippen LogP contribution in [-0.2, 0) is 9.23 Å². The van der Waals surface area contributed by atoms with Gasteiger partial charge in [0.05, 0.1) is 21.7 Å². The molecule has 1 heterocycles. The summed E-state index contributed by atoms with van der Waals surface area (Å²) in [6.07, 6.45) is 5.69. The Morgan fingerprint density at radius 1 is 1.11 bits per heavy atom. The highest BCUT2D eigenvalue weighted by Crippen LogP contribution is 2.28. The molecule has 10 heteroatoms. The molecule has 1 amide bonds. The fourth-order valence-corrected chi connectivity index (χ4v) is 3.68. The molecule has 0 atom stereocenters. The molecule has 1 saturated carbocycles. The number of fused-ring (bicyclic) bond motifs is 1. The van der Waals surface area contributed by atoms with Gasteiger partial charge >= 0.3 is 0 Å². The van der Waals surface area contributed by atoms with Gasteiger partial charge in [0.25, 0.3) is 5.91 Å². The summed E-state index contributed by atoms with van der Waals surface area (Å²) in [5.41, 5.74) is 0.158. The fraction of sp³-hybridized carbons (Fsp3) is 0.444. The Morgan fingerprint density at radius 3 is 2.32 bits per heavy atom. The minimum atomic E-state index is -1.67.